The number of amides is 1. The standard InChI is InChI=1S/C27H34N8O3/c1-18-14-33(26(36)38-27(3,4)5)8-9-34(18)24-23-21(32-10-11-37-19(2)15-32)16-35(25(23)31-17-30-24)22-12-20(13-28)6-7-29-22/h6-7,12,16-19H,8-11,14-15H2,1-5H3. The highest BCUT2D eigenvalue weighted by molar-refractivity contribution is 6.00. The minimum absolute atomic E-state index is 0.00854. The highest BCUT2D eigenvalue weighted by Crippen LogP contribution is 2.38. The Labute approximate surface area is 222 Å². The molecule has 0 aromatic carbocycles. The van der Waals surface area contributed by atoms with Crippen LogP contribution in [0.3, 0.4) is 0 Å². The van der Waals surface area contributed by atoms with E-state index in [4.69, 9.17) is 14.5 Å². The number of pyridine rings is 1. The van der Waals surface area contributed by atoms with Crippen molar-refractivity contribution in [2.75, 3.05) is 49.1 Å². The lowest BCUT2D eigenvalue weighted by Crippen LogP contribution is -2.55. The lowest BCUT2D eigenvalue weighted by atomic mass is 10.1. The smallest absolute Gasteiger partial charge is 0.410 e. The summed E-state index contributed by atoms with van der Waals surface area (Å²) in [4.78, 5) is 33.0. The molecule has 200 valence electrons. The number of nitrogens with zero attached hydrogens (tertiary/aromatic N) is 8. The molecule has 0 saturated carbocycles. The number of hydrogen-bond acceptors (Lipinski definition) is 9. The molecule has 0 aliphatic carbocycles. The van der Waals surface area contributed by atoms with E-state index >= 15 is 0 Å². The Hall–Kier alpha value is -3.91. The molecule has 3 aromatic rings. The number of piperazine rings is 1. The molecule has 0 radical (unpaired) electrons. The zero-order valence-electron chi connectivity index (χ0n) is 22.6. The molecule has 2 atom stereocenters. The Bertz CT molecular complexity index is 1370. The van der Waals surface area contributed by atoms with Crippen LogP contribution >= 0.6 is 0 Å². The molecule has 11 nitrogen and oxygen atoms in total. The van der Waals surface area contributed by atoms with Gasteiger partial charge in [-0.2, -0.15) is 5.26 Å². The number of hydrogen-bond donors (Lipinski definition) is 0. The van der Waals surface area contributed by atoms with E-state index in [1.165, 1.54) is 0 Å². The quantitative estimate of drug-likeness (QED) is 0.515. The van der Waals surface area contributed by atoms with Crippen LogP contribution in [0.25, 0.3) is 16.9 Å². The molecule has 0 N–H and O–H groups in total. The second kappa shape index (κ2) is 10.1. The van der Waals surface area contributed by atoms with Crippen molar-refractivity contribution in [3.05, 3.63) is 36.4 Å². The molecule has 2 fully saturated rings. The maximum atomic E-state index is 12.7. The van der Waals surface area contributed by atoms with Crippen molar-refractivity contribution in [1.29, 1.82) is 5.26 Å². The first-order chi connectivity index (χ1) is 18.1. The Morgan fingerprint density at radius 3 is 2.68 bits per heavy atom. The van der Waals surface area contributed by atoms with Gasteiger partial charge >= 0.3 is 6.09 Å². The predicted octanol–water partition coefficient (Wildman–Crippen LogP) is 3.36. The molecule has 2 aliphatic rings. The molecular weight excluding hydrogens is 484 g/mol. The fourth-order valence-corrected chi connectivity index (χ4v) is 5.08. The molecule has 5 heterocycles. The number of aromatic nitrogens is 4. The third-order valence-corrected chi connectivity index (χ3v) is 6.80. The summed E-state index contributed by atoms with van der Waals surface area (Å²) < 4.78 is 13.3. The highest BCUT2D eigenvalue weighted by Gasteiger charge is 2.33. The maximum Gasteiger partial charge on any atom is 0.410 e. The summed E-state index contributed by atoms with van der Waals surface area (Å²) in [6, 6.07) is 5.65. The summed E-state index contributed by atoms with van der Waals surface area (Å²) in [7, 11) is 0. The van der Waals surface area contributed by atoms with Gasteiger partial charge in [-0.3, -0.25) is 4.57 Å². The predicted molar refractivity (Wildman–Crippen MR) is 144 cm³/mol. The van der Waals surface area contributed by atoms with Crippen LogP contribution in [0.15, 0.2) is 30.9 Å². The summed E-state index contributed by atoms with van der Waals surface area (Å²) in [5, 5.41) is 10.4. The Kier molecular flexibility index (Phi) is 6.84. The molecule has 2 aliphatic heterocycles. The van der Waals surface area contributed by atoms with Gasteiger partial charge in [0.2, 0.25) is 0 Å². The summed E-state index contributed by atoms with van der Waals surface area (Å²) in [5.74, 6) is 1.43. The lowest BCUT2D eigenvalue weighted by Gasteiger charge is -2.41. The molecule has 2 saturated heterocycles. The van der Waals surface area contributed by atoms with Gasteiger partial charge in [0.15, 0.2) is 5.65 Å². The van der Waals surface area contributed by atoms with Gasteiger partial charge < -0.3 is 24.2 Å². The lowest BCUT2D eigenvalue weighted by molar-refractivity contribution is 0.0218. The zero-order valence-corrected chi connectivity index (χ0v) is 22.6. The molecule has 3 aromatic heterocycles. The van der Waals surface area contributed by atoms with Crippen LogP contribution in [0.1, 0.15) is 40.2 Å². The number of carbonyl (C=O) groups is 1. The number of fused-ring (bicyclic) bond motifs is 1. The number of morpholine rings is 1. The van der Waals surface area contributed by atoms with Crippen LogP contribution in [0.4, 0.5) is 16.3 Å². The van der Waals surface area contributed by atoms with Crippen molar-refractivity contribution < 1.29 is 14.3 Å². The van der Waals surface area contributed by atoms with Crippen molar-refractivity contribution >= 4 is 28.6 Å². The number of ether oxygens (including phenoxy) is 2. The van der Waals surface area contributed by atoms with Gasteiger partial charge in [-0.25, -0.2) is 19.7 Å². The summed E-state index contributed by atoms with van der Waals surface area (Å²) in [6.45, 7) is 13.6. The Morgan fingerprint density at radius 1 is 1.16 bits per heavy atom. The van der Waals surface area contributed by atoms with E-state index in [2.05, 4.69) is 39.7 Å². The van der Waals surface area contributed by atoms with E-state index in [-0.39, 0.29) is 18.2 Å². The van der Waals surface area contributed by atoms with Crippen molar-refractivity contribution in [3.63, 3.8) is 0 Å². The largest absolute Gasteiger partial charge is 0.444 e. The van der Waals surface area contributed by atoms with Crippen molar-refractivity contribution in [3.8, 4) is 11.9 Å². The van der Waals surface area contributed by atoms with E-state index in [0.717, 1.165) is 30.0 Å². The average Bonchev–Trinajstić information content (AvgIpc) is 3.28. The van der Waals surface area contributed by atoms with Crippen LogP contribution in [0, 0.1) is 11.3 Å². The number of anilines is 2. The van der Waals surface area contributed by atoms with Gasteiger partial charge in [-0.15, -0.1) is 0 Å². The van der Waals surface area contributed by atoms with E-state index in [1.54, 1.807) is 29.6 Å². The summed E-state index contributed by atoms with van der Waals surface area (Å²) >= 11 is 0. The minimum atomic E-state index is -0.541. The zero-order chi connectivity index (χ0) is 27.0. The Morgan fingerprint density at radius 2 is 1.97 bits per heavy atom. The number of carbonyl (C=O) groups excluding carboxylic acids is 1. The van der Waals surface area contributed by atoms with E-state index < -0.39 is 5.60 Å². The molecule has 2 unspecified atom stereocenters. The van der Waals surface area contributed by atoms with Gasteiger partial charge in [0, 0.05) is 51.2 Å². The normalized spacial score (nSPS) is 20.5. The van der Waals surface area contributed by atoms with Gasteiger partial charge in [0.05, 0.1) is 35.4 Å². The fourth-order valence-electron chi connectivity index (χ4n) is 5.08. The Balaban J connectivity index is 1.56. The first kappa shape index (κ1) is 25.7. The third kappa shape index (κ3) is 5.09. The van der Waals surface area contributed by atoms with Crippen LogP contribution < -0.4 is 9.80 Å². The van der Waals surface area contributed by atoms with E-state index in [0.29, 0.717) is 43.3 Å². The topological polar surface area (TPSA) is 113 Å². The molecule has 0 bridgehead atoms. The highest BCUT2D eigenvalue weighted by atomic mass is 16.6. The minimum Gasteiger partial charge on any atom is -0.444 e. The number of rotatable bonds is 3. The van der Waals surface area contributed by atoms with Crippen LogP contribution in [-0.4, -0.2) is 87.6 Å². The second-order valence-electron chi connectivity index (χ2n) is 10.9. The second-order valence-corrected chi connectivity index (χ2v) is 10.9. The van der Waals surface area contributed by atoms with Crippen LogP contribution in [0.2, 0.25) is 0 Å². The maximum absolute atomic E-state index is 12.7. The molecule has 11 heteroatoms. The molecule has 1 amide bonds. The van der Waals surface area contributed by atoms with Crippen molar-refractivity contribution in [1.82, 2.24) is 24.4 Å². The molecular formula is C27H34N8O3. The number of nitriles is 1. The van der Waals surface area contributed by atoms with Gasteiger partial charge in [-0.05, 0) is 46.8 Å². The van der Waals surface area contributed by atoms with E-state index in [1.807, 2.05) is 31.5 Å². The van der Waals surface area contributed by atoms with Gasteiger partial charge in [-0.1, -0.05) is 0 Å². The average molecular weight is 519 g/mol. The van der Waals surface area contributed by atoms with E-state index in [9.17, 15) is 10.1 Å². The molecule has 5 rings (SSSR count). The van der Waals surface area contributed by atoms with Crippen molar-refractivity contribution in [2.24, 2.45) is 0 Å². The third-order valence-electron chi connectivity index (χ3n) is 6.80. The van der Waals surface area contributed by atoms with Gasteiger partial charge in [0.1, 0.15) is 23.6 Å². The molecule has 38 heavy (non-hydrogen) atoms. The SMILES string of the molecule is CC1CN(c2cn(-c3cc(C#N)ccn3)c3ncnc(N4CCN(C(=O)OC(C)(C)C)CC4C)c23)CCO1. The van der Waals surface area contributed by atoms with Gasteiger partial charge in [0.25, 0.3) is 0 Å². The first-order valence-electron chi connectivity index (χ1n) is 13.0. The van der Waals surface area contributed by atoms with Crippen LogP contribution in [0.5, 0.6) is 0 Å². The molecule has 0 spiro atoms. The summed E-state index contributed by atoms with van der Waals surface area (Å²) in [5.41, 5.74) is 1.70. The van der Waals surface area contributed by atoms with Crippen LogP contribution in [-0.2, 0) is 9.47 Å². The van der Waals surface area contributed by atoms with Crippen molar-refractivity contribution in [2.45, 2.75) is 52.4 Å². The summed E-state index contributed by atoms with van der Waals surface area (Å²) in [6.07, 6.45) is 5.03. The first-order valence-corrected chi connectivity index (χ1v) is 13.0. The monoisotopic (exact) mass is 518 g/mol. The fraction of sp³-hybridized carbons (Fsp3) is 0.519.